The zero-order chi connectivity index (χ0) is 17.5. The van der Waals surface area contributed by atoms with E-state index >= 15 is 0 Å². The predicted molar refractivity (Wildman–Crippen MR) is 96.1 cm³/mol. The van der Waals surface area contributed by atoms with Crippen molar-refractivity contribution in [3.8, 4) is 5.75 Å². The number of carbonyl (C=O) groups excluding carboxylic acids is 1. The van der Waals surface area contributed by atoms with Gasteiger partial charge in [0, 0.05) is 18.4 Å². The first-order chi connectivity index (χ1) is 11.5. The first-order valence-corrected chi connectivity index (χ1v) is 8.06. The molecule has 1 heterocycles. The fraction of sp³-hybridized carbons (Fsp3) is 0.368. The Hall–Kier alpha value is -2.40. The number of ether oxygens (including phenoxy) is 1. The molecule has 2 aromatic rings. The van der Waals surface area contributed by atoms with Crippen LogP contribution >= 0.6 is 0 Å². The zero-order valence-corrected chi connectivity index (χ0v) is 14.7. The van der Waals surface area contributed by atoms with E-state index in [9.17, 15) is 4.79 Å². The second kappa shape index (κ2) is 8.45. The molecule has 0 aliphatic heterocycles. The number of aromatic nitrogens is 1. The van der Waals surface area contributed by atoms with Gasteiger partial charge >= 0.3 is 0 Å². The molecule has 1 aromatic carbocycles. The number of benzene rings is 1. The number of rotatable bonds is 7. The molecule has 5 heteroatoms. The van der Waals surface area contributed by atoms with Crippen LogP contribution in [0.2, 0.25) is 0 Å². The summed E-state index contributed by atoms with van der Waals surface area (Å²) in [6.45, 7) is 4.58. The lowest BCUT2D eigenvalue weighted by Gasteiger charge is -2.31. The van der Waals surface area contributed by atoms with Crippen LogP contribution in [0.15, 0.2) is 48.8 Å². The van der Waals surface area contributed by atoms with Crippen molar-refractivity contribution in [2.75, 3.05) is 26.0 Å². The summed E-state index contributed by atoms with van der Waals surface area (Å²) < 4.78 is 5.27. The van der Waals surface area contributed by atoms with Gasteiger partial charge in [-0.15, -0.1) is 0 Å². The highest BCUT2D eigenvalue weighted by atomic mass is 16.5. The zero-order valence-electron chi connectivity index (χ0n) is 14.7. The molecule has 0 bridgehead atoms. The first-order valence-electron chi connectivity index (χ1n) is 8.06. The van der Waals surface area contributed by atoms with E-state index in [2.05, 4.69) is 24.1 Å². The van der Waals surface area contributed by atoms with Gasteiger partial charge in [-0.2, -0.15) is 0 Å². The van der Waals surface area contributed by atoms with E-state index in [1.54, 1.807) is 13.3 Å². The van der Waals surface area contributed by atoms with Crippen LogP contribution in [0, 0.1) is 5.92 Å². The van der Waals surface area contributed by atoms with Crippen molar-refractivity contribution in [2.24, 2.45) is 5.92 Å². The normalized spacial score (nSPS) is 12.2. The molecule has 1 N–H and O–H groups in total. The highest BCUT2D eigenvalue weighted by molar-refractivity contribution is 5.93. The van der Waals surface area contributed by atoms with E-state index in [4.69, 9.17) is 4.74 Å². The minimum Gasteiger partial charge on any atom is -0.495 e. The number of nitrogens with one attached hydrogen (secondary N) is 1. The van der Waals surface area contributed by atoms with Crippen LogP contribution in [-0.2, 0) is 4.79 Å². The number of hydrogen-bond acceptors (Lipinski definition) is 4. The summed E-state index contributed by atoms with van der Waals surface area (Å²) in [6.07, 6.45) is 3.62. The quantitative estimate of drug-likeness (QED) is 0.847. The maximum Gasteiger partial charge on any atom is 0.238 e. The van der Waals surface area contributed by atoms with Gasteiger partial charge in [0.15, 0.2) is 0 Å². The Morgan fingerprint density at radius 3 is 2.62 bits per heavy atom. The number of nitrogens with zero attached hydrogens (tertiary/aromatic N) is 2. The van der Waals surface area contributed by atoms with Gasteiger partial charge in [0.1, 0.15) is 5.75 Å². The lowest BCUT2D eigenvalue weighted by molar-refractivity contribution is -0.117. The number of amides is 1. The molecule has 128 valence electrons. The molecular weight excluding hydrogens is 302 g/mol. The Morgan fingerprint density at radius 2 is 2.00 bits per heavy atom. The Bertz CT molecular complexity index is 659. The number of pyridine rings is 1. The molecule has 0 aliphatic carbocycles. The Balaban J connectivity index is 2.06. The van der Waals surface area contributed by atoms with Crippen molar-refractivity contribution in [3.63, 3.8) is 0 Å². The molecule has 0 saturated carbocycles. The summed E-state index contributed by atoms with van der Waals surface area (Å²) in [5.74, 6) is 0.941. The third kappa shape index (κ3) is 4.55. The topological polar surface area (TPSA) is 54.5 Å². The van der Waals surface area contributed by atoms with Gasteiger partial charge in [0.25, 0.3) is 0 Å². The molecule has 0 radical (unpaired) electrons. The summed E-state index contributed by atoms with van der Waals surface area (Å²) in [5.41, 5.74) is 1.79. The first kappa shape index (κ1) is 17.9. The number of methoxy groups -OCH3 is 1. The van der Waals surface area contributed by atoms with Crippen molar-refractivity contribution in [2.45, 2.75) is 19.9 Å². The molecule has 1 amide bonds. The van der Waals surface area contributed by atoms with E-state index in [1.165, 1.54) is 0 Å². The van der Waals surface area contributed by atoms with E-state index in [0.717, 1.165) is 5.56 Å². The van der Waals surface area contributed by atoms with Crippen LogP contribution in [0.5, 0.6) is 5.75 Å². The molecular formula is C19H25N3O2. The number of likely N-dealkylation sites (N-methyl/N-ethyl adjacent to an activating group) is 1. The summed E-state index contributed by atoms with van der Waals surface area (Å²) in [7, 11) is 3.55. The fourth-order valence-electron chi connectivity index (χ4n) is 2.96. The minimum absolute atomic E-state index is 0.0726. The van der Waals surface area contributed by atoms with Crippen LogP contribution < -0.4 is 10.1 Å². The molecule has 5 nitrogen and oxygen atoms in total. The lowest BCUT2D eigenvalue weighted by atomic mass is 9.96. The van der Waals surface area contributed by atoms with Gasteiger partial charge in [-0.25, -0.2) is 0 Å². The van der Waals surface area contributed by atoms with Crippen LogP contribution in [0.25, 0.3) is 0 Å². The van der Waals surface area contributed by atoms with Crippen LogP contribution in [0.3, 0.4) is 0 Å². The van der Waals surface area contributed by atoms with E-state index in [1.807, 2.05) is 54.5 Å². The SMILES string of the molecule is COc1ccccc1NC(=O)CN(C)[C@@H](c1cccnc1)C(C)C. The maximum absolute atomic E-state index is 12.4. The molecule has 0 aliphatic rings. The number of para-hydroxylation sites is 2. The average molecular weight is 327 g/mol. The molecule has 24 heavy (non-hydrogen) atoms. The largest absolute Gasteiger partial charge is 0.495 e. The smallest absolute Gasteiger partial charge is 0.238 e. The summed E-state index contributed by atoms with van der Waals surface area (Å²) >= 11 is 0. The molecule has 1 atom stereocenters. The maximum atomic E-state index is 12.4. The van der Waals surface area contributed by atoms with Crippen molar-refractivity contribution in [1.29, 1.82) is 0 Å². The van der Waals surface area contributed by atoms with Gasteiger partial charge in [0.2, 0.25) is 5.91 Å². The van der Waals surface area contributed by atoms with Crippen LogP contribution in [0.4, 0.5) is 5.69 Å². The molecule has 1 aromatic heterocycles. The second-order valence-electron chi connectivity index (χ2n) is 6.14. The highest BCUT2D eigenvalue weighted by Gasteiger charge is 2.23. The van der Waals surface area contributed by atoms with E-state index < -0.39 is 0 Å². The Kier molecular flexibility index (Phi) is 6.32. The average Bonchev–Trinajstić information content (AvgIpc) is 2.56. The van der Waals surface area contributed by atoms with Crippen molar-refractivity contribution < 1.29 is 9.53 Å². The molecule has 0 unspecified atom stereocenters. The monoisotopic (exact) mass is 327 g/mol. The van der Waals surface area contributed by atoms with Gasteiger partial charge in [-0.05, 0) is 36.7 Å². The van der Waals surface area contributed by atoms with Gasteiger partial charge < -0.3 is 10.1 Å². The molecule has 2 rings (SSSR count). The Morgan fingerprint density at radius 1 is 1.25 bits per heavy atom. The van der Waals surface area contributed by atoms with E-state index in [0.29, 0.717) is 17.4 Å². The standard InChI is InChI=1S/C19H25N3O2/c1-14(2)19(15-8-7-11-20-12-15)22(3)13-18(23)21-16-9-5-6-10-17(16)24-4/h5-12,14,19H,13H2,1-4H3,(H,21,23)/t19-/m1/s1. The van der Waals surface area contributed by atoms with Gasteiger partial charge in [-0.3, -0.25) is 14.7 Å². The molecule has 0 saturated heterocycles. The fourth-order valence-corrected chi connectivity index (χ4v) is 2.96. The third-order valence-electron chi connectivity index (χ3n) is 3.91. The summed E-state index contributed by atoms with van der Waals surface area (Å²) in [4.78, 5) is 18.7. The van der Waals surface area contributed by atoms with Crippen molar-refractivity contribution in [1.82, 2.24) is 9.88 Å². The van der Waals surface area contributed by atoms with Crippen molar-refractivity contribution in [3.05, 3.63) is 54.4 Å². The minimum atomic E-state index is -0.0726. The third-order valence-corrected chi connectivity index (χ3v) is 3.91. The van der Waals surface area contributed by atoms with Crippen LogP contribution in [0.1, 0.15) is 25.5 Å². The number of anilines is 1. The number of carbonyl (C=O) groups is 1. The Labute approximate surface area is 143 Å². The second-order valence-corrected chi connectivity index (χ2v) is 6.14. The van der Waals surface area contributed by atoms with E-state index in [-0.39, 0.29) is 18.5 Å². The van der Waals surface area contributed by atoms with Crippen LogP contribution in [-0.4, -0.2) is 36.5 Å². The molecule has 0 fully saturated rings. The van der Waals surface area contributed by atoms with Gasteiger partial charge in [-0.1, -0.05) is 32.0 Å². The predicted octanol–water partition coefficient (Wildman–Crippen LogP) is 3.36. The summed E-state index contributed by atoms with van der Waals surface area (Å²) in [5, 5.41) is 2.92. The number of hydrogen-bond donors (Lipinski definition) is 1. The van der Waals surface area contributed by atoms with Crippen molar-refractivity contribution >= 4 is 11.6 Å². The summed E-state index contributed by atoms with van der Waals surface area (Å²) in [6, 6.07) is 11.5. The van der Waals surface area contributed by atoms with Gasteiger partial charge in [0.05, 0.1) is 19.3 Å². The highest BCUT2D eigenvalue weighted by Crippen LogP contribution is 2.27. The molecule has 0 spiro atoms. The lowest BCUT2D eigenvalue weighted by Crippen LogP contribution is -2.35.